The third kappa shape index (κ3) is 8.66. The molecule has 0 aliphatic heterocycles. The van der Waals surface area contributed by atoms with E-state index >= 15 is 0 Å². The van der Waals surface area contributed by atoms with Crippen LogP contribution in [0.1, 0.15) is 80.3 Å². The van der Waals surface area contributed by atoms with Crippen LogP contribution in [-0.2, 0) is 11.4 Å². The van der Waals surface area contributed by atoms with Gasteiger partial charge in [-0.3, -0.25) is 9.63 Å². The Morgan fingerprint density at radius 1 is 0.897 bits per heavy atom. The quantitative estimate of drug-likeness (QED) is 0.270. The minimum atomic E-state index is -0.113. The fraction of sp³-hybridized carbons (Fsp3) is 0.423. The van der Waals surface area contributed by atoms with Gasteiger partial charge in [0.15, 0.2) is 0 Å². The number of benzene rings is 2. The van der Waals surface area contributed by atoms with E-state index in [1.807, 2.05) is 61.5 Å². The van der Waals surface area contributed by atoms with Crippen LogP contribution >= 0.6 is 0 Å². The molecule has 2 aromatic carbocycles. The van der Waals surface area contributed by atoms with E-state index in [2.05, 4.69) is 19.1 Å². The smallest absolute Gasteiger partial charge is 0.271 e. The normalized spacial score (nSPS) is 11.1. The van der Waals surface area contributed by atoms with Gasteiger partial charge in [0.1, 0.15) is 0 Å². The molecule has 0 saturated carbocycles. The second-order valence-corrected chi connectivity index (χ2v) is 7.33. The van der Waals surface area contributed by atoms with Crippen LogP contribution in [0.15, 0.2) is 60.7 Å². The molecule has 3 nitrogen and oxygen atoms in total. The second-order valence-electron chi connectivity index (χ2n) is 7.33. The monoisotopic (exact) mass is 393 g/mol. The van der Waals surface area contributed by atoms with Gasteiger partial charge in [0.05, 0.1) is 13.2 Å². The predicted octanol–water partition coefficient (Wildman–Crippen LogP) is 7.04. The molecule has 0 spiro atoms. The van der Waals surface area contributed by atoms with Crippen LogP contribution < -0.4 is 0 Å². The van der Waals surface area contributed by atoms with Gasteiger partial charge in [0, 0.05) is 5.56 Å². The first-order valence-corrected chi connectivity index (χ1v) is 11.0. The van der Waals surface area contributed by atoms with E-state index in [-0.39, 0.29) is 5.91 Å². The van der Waals surface area contributed by atoms with Crippen LogP contribution in [0.25, 0.3) is 6.08 Å². The highest BCUT2D eigenvalue weighted by Crippen LogP contribution is 2.14. The van der Waals surface area contributed by atoms with E-state index < -0.39 is 0 Å². The molecule has 0 radical (unpaired) electrons. The Morgan fingerprint density at radius 2 is 1.59 bits per heavy atom. The van der Waals surface area contributed by atoms with Crippen molar-refractivity contribution in [2.45, 2.75) is 65.3 Å². The molecular weight excluding hydrogens is 358 g/mol. The molecule has 2 aromatic rings. The Bertz CT molecular complexity index is 722. The zero-order valence-corrected chi connectivity index (χ0v) is 18.0. The van der Waals surface area contributed by atoms with Gasteiger partial charge in [-0.05, 0) is 43.0 Å². The van der Waals surface area contributed by atoms with Crippen molar-refractivity contribution in [3.63, 3.8) is 0 Å². The Labute approximate surface area is 176 Å². The summed E-state index contributed by atoms with van der Waals surface area (Å²) in [5.41, 5.74) is 2.81. The molecule has 29 heavy (non-hydrogen) atoms. The summed E-state index contributed by atoms with van der Waals surface area (Å²) in [7, 11) is 0. The number of amides is 1. The van der Waals surface area contributed by atoms with E-state index in [4.69, 9.17) is 4.84 Å². The third-order valence-electron chi connectivity index (χ3n) is 4.87. The molecule has 0 aliphatic carbocycles. The summed E-state index contributed by atoms with van der Waals surface area (Å²) in [6.07, 6.45) is 13.4. The molecule has 0 N–H and O–H groups in total. The molecular formula is C26H35NO2. The number of rotatable bonds is 13. The Kier molecular flexibility index (Phi) is 10.8. The summed E-state index contributed by atoms with van der Waals surface area (Å²) < 4.78 is 0. The van der Waals surface area contributed by atoms with E-state index in [1.54, 1.807) is 0 Å². The summed E-state index contributed by atoms with van der Waals surface area (Å²) in [6.45, 7) is 5.04. The van der Waals surface area contributed by atoms with Crippen LogP contribution in [-0.4, -0.2) is 17.6 Å². The maximum absolute atomic E-state index is 12.8. The van der Waals surface area contributed by atoms with Gasteiger partial charge in [0.25, 0.3) is 5.91 Å². The van der Waals surface area contributed by atoms with Crippen molar-refractivity contribution in [1.82, 2.24) is 5.06 Å². The number of nitrogens with zero attached hydrogens (tertiary/aromatic N) is 1. The van der Waals surface area contributed by atoms with E-state index in [9.17, 15) is 4.79 Å². The number of hydroxylamine groups is 2. The molecule has 156 valence electrons. The maximum atomic E-state index is 12.8. The molecule has 0 heterocycles. The summed E-state index contributed by atoms with van der Waals surface area (Å²) in [4.78, 5) is 18.4. The van der Waals surface area contributed by atoms with Crippen LogP contribution in [0.3, 0.4) is 0 Å². The number of hydrogen-bond donors (Lipinski definition) is 0. The third-order valence-corrected chi connectivity index (χ3v) is 4.87. The molecule has 1 amide bonds. The molecule has 0 aromatic heterocycles. The molecule has 2 rings (SSSR count). The highest BCUT2D eigenvalue weighted by atomic mass is 16.7. The Hall–Kier alpha value is -2.39. The topological polar surface area (TPSA) is 29.5 Å². The number of carbonyl (C=O) groups is 1. The SMILES string of the molecule is CCCCCCCC/C=C/c1ccc(C(=O)N(Cc2ccccc2)OCC)cc1. The van der Waals surface area contributed by atoms with Crippen LogP contribution in [0, 0.1) is 0 Å². The zero-order chi connectivity index (χ0) is 20.7. The molecule has 0 unspecified atom stereocenters. The number of hydrogen-bond acceptors (Lipinski definition) is 2. The van der Waals surface area contributed by atoms with E-state index in [1.165, 1.54) is 43.6 Å². The molecule has 0 fully saturated rings. The minimum Gasteiger partial charge on any atom is -0.271 e. The van der Waals surface area contributed by atoms with Crippen molar-refractivity contribution in [1.29, 1.82) is 0 Å². The van der Waals surface area contributed by atoms with Crippen molar-refractivity contribution < 1.29 is 9.63 Å². The average Bonchev–Trinajstić information content (AvgIpc) is 2.76. The van der Waals surface area contributed by atoms with Crippen molar-refractivity contribution in [3.8, 4) is 0 Å². The highest BCUT2D eigenvalue weighted by molar-refractivity contribution is 5.93. The average molecular weight is 394 g/mol. The second kappa shape index (κ2) is 13.7. The van der Waals surface area contributed by atoms with Crippen molar-refractivity contribution >= 4 is 12.0 Å². The Morgan fingerprint density at radius 3 is 2.28 bits per heavy atom. The predicted molar refractivity (Wildman–Crippen MR) is 121 cm³/mol. The lowest BCUT2D eigenvalue weighted by molar-refractivity contribution is -0.125. The lowest BCUT2D eigenvalue weighted by Gasteiger charge is -2.21. The van der Waals surface area contributed by atoms with Crippen LogP contribution in [0.2, 0.25) is 0 Å². The first-order valence-electron chi connectivity index (χ1n) is 11.0. The van der Waals surface area contributed by atoms with Crippen molar-refractivity contribution in [3.05, 3.63) is 77.4 Å². The van der Waals surface area contributed by atoms with Crippen molar-refractivity contribution in [2.75, 3.05) is 6.61 Å². The van der Waals surface area contributed by atoms with E-state index in [0.717, 1.165) is 17.5 Å². The van der Waals surface area contributed by atoms with E-state index in [0.29, 0.717) is 18.7 Å². The number of carbonyl (C=O) groups excluding carboxylic acids is 1. The summed E-state index contributed by atoms with van der Waals surface area (Å²) >= 11 is 0. The molecule has 0 atom stereocenters. The standard InChI is InChI=1S/C26H35NO2/c1-3-5-6-7-8-9-10-12-15-23-18-20-25(21-19-23)26(28)27(29-4-2)22-24-16-13-11-14-17-24/h11-21H,3-10,22H2,1-2H3/b15-12+. The van der Waals surface area contributed by atoms with Gasteiger partial charge in [-0.1, -0.05) is 93.6 Å². The fourth-order valence-corrected chi connectivity index (χ4v) is 3.22. The van der Waals surface area contributed by atoms with Gasteiger partial charge in [-0.25, -0.2) is 5.06 Å². The van der Waals surface area contributed by atoms with Crippen molar-refractivity contribution in [2.24, 2.45) is 0 Å². The lowest BCUT2D eigenvalue weighted by atomic mass is 10.1. The van der Waals surface area contributed by atoms with Gasteiger partial charge in [-0.2, -0.15) is 0 Å². The molecule has 0 aliphatic rings. The molecule has 3 heteroatoms. The minimum absolute atomic E-state index is 0.113. The fourth-order valence-electron chi connectivity index (χ4n) is 3.22. The molecule has 0 saturated heterocycles. The Balaban J connectivity index is 1.85. The van der Waals surface area contributed by atoms with Gasteiger partial charge in [-0.15, -0.1) is 0 Å². The maximum Gasteiger partial charge on any atom is 0.277 e. The highest BCUT2D eigenvalue weighted by Gasteiger charge is 2.16. The zero-order valence-electron chi connectivity index (χ0n) is 18.0. The van der Waals surface area contributed by atoms with Crippen LogP contribution in [0.4, 0.5) is 0 Å². The summed E-state index contributed by atoms with van der Waals surface area (Å²) in [6, 6.07) is 17.7. The summed E-state index contributed by atoms with van der Waals surface area (Å²) in [5, 5.41) is 1.44. The lowest BCUT2D eigenvalue weighted by Crippen LogP contribution is -2.30. The van der Waals surface area contributed by atoms with Gasteiger partial charge < -0.3 is 0 Å². The largest absolute Gasteiger partial charge is 0.277 e. The first-order chi connectivity index (χ1) is 14.2. The van der Waals surface area contributed by atoms with Gasteiger partial charge in [0.2, 0.25) is 0 Å². The summed E-state index contributed by atoms with van der Waals surface area (Å²) in [5.74, 6) is -0.113. The van der Waals surface area contributed by atoms with Crippen LogP contribution in [0.5, 0.6) is 0 Å². The number of allylic oxidation sites excluding steroid dienone is 1. The first kappa shape index (κ1) is 22.9. The molecule has 0 bridgehead atoms. The number of unbranched alkanes of at least 4 members (excludes halogenated alkanes) is 6. The van der Waals surface area contributed by atoms with Gasteiger partial charge >= 0.3 is 0 Å².